The fourth-order valence-corrected chi connectivity index (χ4v) is 2.78. The molecule has 7 heteroatoms. The van der Waals surface area contributed by atoms with Gasteiger partial charge in [0.2, 0.25) is 11.8 Å². The summed E-state index contributed by atoms with van der Waals surface area (Å²) in [5, 5.41) is 6.32. The first-order valence-corrected chi connectivity index (χ1v) is 9.39. The molecule has 0 aromatic heterocycles. The minimum Gasteiger partial charge on any atom is -0.383 e. The summed E-state index contributed by atoms with van der Waals surface area (Å²) >= 11 is 5.86. The van der Waals surface area contributed by atoms with Crippen LogP contribution in [0.4, 0.5) is 11.4 Å². The van der Waals surface area contributed by atoms with Gasteiger partial charge in [-0.1, -0.05) is 23.7 Å². The molecule has 0 spiro atoms. The number of rotatable bonds is 9. The summed E-state index contributed by atoms with van der Waals surface area (Å²) in [6.07, 6.45) is 0. The number of carbonyl (C=O) groups excluding carboxylic acids is 2. The Morgan fingerprint density at radius 2 is 1.64 bits per heavy atom. The van der Waals surface area contributed by atoms with E-state index in [2.05, 4.69) is 10.6 Å². The highest BCUT2D eigenvalue weighted by molar-refractivity contribution is 6.30. The molecular weight excluding hydrogens is 378 g/mol. The Hall–Kier alpha value is -2.41. The molecule has 0 aliphatic rings. The Morgan fingerprint density at radius 1 is 1.00 bits per heavy atom. The van der Waals surface area contributed by atoms with Crippen LogP contribution in [0.3, 0.4) is 0 Å². The zero-order valence-electron chi connectivity index (χ0n) is 16.4. The zero-order chi connectivity index (χ0) is 20.5. The number of nitrogens with one attached hydrogen (secondary N) is 2. The van der Waals surface area contributed by atoms with Crippen LogP contribution in [0.5, 0.6) is 0 Å². The first-order chi connectivity index (χ1) is 13.4. The number of aryl methyl sites for hydroxylation is 1. The van der Waals surface area contributed by atoms with Crippen molar-refractivity contribution in [3.63, 3.8) is 0 Å². The van der Waals surface area contributed by atoms with Crippen molar-refractivity contribution < 1.29 is 14.3 Å². The first kappa shape index (κ1) is 21.9. The summed E-state index contributed by atoms with van der Waals surface area (Å²) in [5.41, 5.74) is 3.57. The maximum Gasteiger partial charge on any atom is 0.238 e. The highest BCUT2D eigenvalue weighted by Gasteiger charge is 2.16. The normalized spacial score (nSPS) is 10.8. The summed E-state index contributed by atoms with van der Waals surface area (Å²) in [6.45, 7) is 5.01. The molecule has 2 aromatic rings. The molecule has 0 saturated carbocycles. The number of hydrogen-bond donors (Lipinski definition) is 2. The quantitative estimate of drug-likeness (QED) is 0.672. The summed E-state index contributed by atoms with van der Waals surface area (Å²) < 4.78 is 5.10. The van der Waals surface area contributed by atoms with Crippen LogP contribution in [-0.4, -0.2) is 50.1 Å². The van der Waals surface area contributed by atoms with Crippen molar-refractivity contribution in [2.45, 2.75) is 13.8 Å². The third-order valence-electron chi connectivity index (χ3n) is 4.35. The van der Waals surface area contributed by atoms with Crippen LogP contribution < -0.4 is 10.6 Å². The molecule has 2 N–H and O–H groups in total. The number of nitrogens with zero attached hydrogens (tertiary/aromatic N) is 1. The van der Waals surface area contributed by atoms with Crippen molar-refractivity contribution >= 4 is 34.8 Å². The second-order valence-electron chi connectivity index (χ2n) is 6.55. The van der Waals surface area contributed by atoms with E-state index in [1.165, 1.54) is 0 Å². The van der Waals surface area contributed by atoms with Gasteiger partial charge in [0.05, 0.1) is 19.7 Å². The number of hydrogen-bond acceptors (Lipinski definition) is 4. The number of anilines is 2. The molecular formula is C21H26ClN3O3. The van der Waals surface area contributed by atoms with Crippen LogP contribution in [0.15, 0.2) is 42.5 Å². The number of ether oxygens (including phenoxy) is 1. The van der Waals surface area contributed by atoms with Gasteiger partial charge in [-0.2, -0.15) is 0 Å². The third-order valence-corrected chi connectivity index (χ3v) is 4.60. The SMILES string of the molecule is COCCN(CC(=O)Nc1ccc(Cl)cc1)CC(=O)Nc1cccc(C)c1C. The number of amides is 2. The highest BCUT2D eigenvalue weighted by atomic mass is 35.5. The highest BCUT2D eigenvalue weighted by Crippen LogP contribution is 2.18. The van der Waals surface area contributed by atoms with E-state index in [9.17, 15) is 9.59 Å². The van der Waals surface area contributed by atoms with E-state index in [-0.39, 0.29) is 24.9 Å². The molecule has 0 saturated heterocycles. The smallest absolute Gasteiger partial charge is 0.238 e. The summed E-state index contributed by atoms with van der Waals surface area (Å²) in [7, 11) is 1.59. The zero-order valence-corrected chi connectivity index (χ0v) is 17.2. The van der Waals surface area contributed by atoms with Crippen molar-refractivity contribution in [1.82, 2.24) is 4.90 Å². The van der Waals surface area contributed by atoms with Gasteiger partial charge >= 0.3 is 0 Å². The van der Waals surface area contributed by atoms with Gasteiger partial charge in [-0.15, -0.1) is 0 Å². The van der Waals surface area contributed by atoms with E-state index in [4.69, 9.17) is 16.3 Å². The van der Waals surface area contributed by atoms with Crippen LogP contribution in [0.2, 0.25) is 5.02 Å². The predicted octanol–water partition coefficient (Wildman–Crippen LogP) is 3.48. The molecule has 0 heterocycles. The Balaban J connectivity index is 1.95. The van der Waals surface area contributed by atoms with E-state index in [0.29, 0.717) is 23.9 Å². The Morgan fingerprint density at radius 3 is 2.29 bits per heavy atom. The molecule has 0 aliphatic carbocycles. The van der Waals surface area contributed by atoms with Gasteiger partial charge in [-0.3, -0.25) is 14.5 Å². The van der Waals surface area contributed by atoms with Gasteiger partial charge in [0.25, 0.3) is 0 Å². The molecule has 0 aliphatic heterocycles. The van der Waals surface area contributed by atoms with Crippen molar-refractivity contribution in [3.8, 4) is 0 Å². The first-order valence-electron chi connectivity index (χ1n) is 9.02. The van der Waals surface area contributed by atoms with E-state index in [0.717, 1.165) is 16.8 Å². The van der Waals surface area contributed by atoms with Crippen molar-refractivity contribution in [2.24, 2.45) is 0 Å². The summed E-state index contributed by atoms with van der Waals surface area (Å²) in [4.78, 5) is 26.6. The molecule has 0 bridgehead atoms. The molecule has 6 nitrogen and oxygen atoms in total. The van der Waals surface area contributed by atoms with Crippen LogP contribution in [-0.2, 0) is 14.3 Å². The molecule has 2 amide bonds. The van der Waals surface area contributed by atoms with Crippen LogP contribution >= 0.6 is 11.6 Å². The Labute approximate surface area is 170 Å². The fraction of sp³-hybridized carbons (Fsp3) is 0.333. The van der Waals surface area contributed by atoms with Gasteiger partial charge in [-0.25, -0.2) is 0 Å². The summed E-state index contributed by atoms with van der Waals surface area (Å²) in [5.74, 6) is -0.387. The third kappa shape index (κ3) is 6.96. The maximum atomic E-state index is 12.5. The molecule has 150 valence electrons. The van der Waals surface area contributed by atoms with Gasteiger partial charge in [-0.05, 0) is 55.3 Å². The van der Waals surface area contributed by atoms with Crippen molar-refractivity contribution in [2.75, 3.05) is 44.0 Å². The number of methoxy groups -OCH3 is 1. The average Bonchev–Trinajstić information content (AvgIpc) is 2.65. The lowest BCUT2D eigenvalue weighted by Gasteiger charge is -2.21. The fourth-order valence-electron chi connectivity index (χ4n) is 2.65. The monoisotopic (exact) mass is 403 g/mol. The largest absolute Gasteiger partial charge is 0.383 e. The molecule has 2 rings (SSSR count). The van der Waals surface area contributed by atoms with Crippen LogP contribution in [0.25, 0.3) is 0 Å². The Kier molecular flexibility index (Phi) is 8.44. The standard InChI is InChI=1S/C21H26ClN3O3/c1-15-5-4-6-19(16(15)2)24-21(27)14-25(11-12-28-3)13-20(26)23-18-9-7-17(22)8-10-18/h4-10H,11-14H2,1-3H3,(H,23,26)(H,24,27). The topological polar surface area (TPSA) is 70.7 Å². The average molecular weight is 404 g/mol. The second-order valence-corrected chi connectivity index (χ2v) is 6.99. The minimum atomic E-state index is -0.210. The lowest BCUT2D eigenvalue weighted by atomic mass is 10.1. The van der Waals surface area contributed by atoms with Gasteiger partial charge in [0, 0.05) is 30.1 Å². The molecule has 0 unspecified atom stereocenters. The predicted molar refractivity (Wildman–Crippen MR) is 113 cm³/mol. The Bertz CT molecular complexity index is 809. The number of benzene rings is 2. The van der Waals surface area contributed by atoms with Crippen LogP contribution in [0, 0.1) is 13.8 Å². The molecule has 2 aromatic carbocycles. The maximum absolute atomic E-state index is 12.5. The number of carbonyl (C=O) groups is 2. The van der Waals surface area contributed by atoms with E-state index < -0.39 is 0 Å². The van der Waals surface area contributed by atoms with Gasteiger partial charge < -0.3 is 15.4 Å². The van der Waals surface area contributed by atoms with E-state index in [1.807, 2.05) is 32.0 Å². The van der Waals surface area contributed by atoms with Crippen molar-refractivity contribution in [1.29, 1.82) is 0 Å². The summed E-state index contributed by atoms with van der Waals surface area (Å²) in [6, 6.07) is 12.6. The van der Waals surface area contributed by atoms with Gasteiger partial charge in [0.1, 0.15) is 0 Å². The lowest BCUT2D eigenvalue weighted by Crippen LogP contribution is -2.40. The van der Waals surface area contributed by atoms with E-state index in [1.54, 1.807) is 36.3 Å². The number of halogens is 1. The van der Waals surface area contributed by atoms with Gasteiger partial charge in [0.15, 0.2) is 0 Å². The molecule has 0 atom stereocenters. The van der Waals surface area contributed by atoms with E-state index >= 15 is 0 Å². The lowest BCUT2D eigenvalue weighted by molar-refractivity contribution is -0.120. The van der Waals surface area contributed by atoms with Crippen LogP contribution in [0.1, 0.15) is 11.1 Å². The minimum absolute atomic E-state index is 0.0756. The second kappa shape index (κ2) is 10.8. The molecule has 0 fully saturated rings. The van der Waals surface area contributed by atoms with Crippen molar-refractivity contribution in [3.05, 3.63) is 58.6 Å². The molecule has 0 radical (unpaired) electrons. The molecule has 28 heavy (non-hydrogen) atoms.